The van der Waals surface area contributed by atoms with Gasteiger partial charge in [0.05, 0.1) is 12.5 Å². The normalized spacial score (nSPS) is 16.6. The van der Waals surface area contributed by atoms with Gasteiger partial charge in [0.25, 0.3) is 0 Å². The molecule has 0 saturated carbocycles. The maximum Gasteiger partial charge on any atom is 0.224 e. The van der Waals surface area contributed by atoms with Gasteiger partial charge in [-0.15, -0.1) is 11.3 Å². The predicted octanol–water partition coefficient (Wildman–Crippen LogP) is 5.18. The molecule has 1 N–H and O–H groups in total. The zero-order valence-corrected chi connectivity index (χ0v) is 17.1. The van der Waals surface area contributed by atoms with E-state index in [1.807, 2.05) is 18.2 Å². The lowest BCUT2D eigenvalue weighted by Gasteiger charge is -2.30. The highest BCUT2D eigenvalue weighted by atomic mass is 32.1. The minimum absolute atomic E-state index is 0.104. The van der Waals surface area contributed by atoms with Crippen molar-refractivity contribution in [1.82, 2.24) is 10.2 Å². The summed E-state index contributed by atoms with van der Waals surface area (Å²) in [7, 11) is 0. The maximum absolute atomic E-state index is 12.8. The number of likely N-dealkylation sites (tertiary alicyclic amines) is 1. The van der Waals surface area contributed by atoms with E-state index in [9.17, 15) is 4.79 Å². The van der Waals surface area contributed by atoms with Crippen molar-refractivity contribution >= 4 is 28.0 Å². The summed E-state index contributed by atoms with van der Waals surface area (Å²) in [6, 6.07) is 19.1. The van der Waals surface area contributed by atoms with Crippen molar-refractivity contribution in [3.8, 4) is 0 Å². The van der Waals surface area contributed by atoms with E-state index >= 15 is 0 Å². The molecule has 2 heterocycles. The molecule has 146 valence electrons. The van der Waals surface area contributed by atoms with Gasteiger partial charge in [-0.25, -0.2) is 0 Å². The van der Waals surface area contributed by atoms with Gasteiger partial charge >= 0.3 is 0 Å². The number of thiophene rings is 1. The fourth-order valence-corrected chi connectivity index (χ4v) is 5.05. The number of benzene rings is 2. The molecule has 1 aliphatic rings. The van der Waals surface area contributed by atoms with Crippen molar-refractivity contribution in [3.63, 3.8) is 0 Å². The Morgan fingerprint density at radius 1 is 0.964 bits per heavy atom. The first-order valence-corrected chi connectivity index (χ1v) is 11.2. The number of fused-ring (bicyclic) bond motifs is 1. The summed E-state index contributed by atoms with van der Waals surface area (Å²) in [6.07, 6.45) is 5.58. The van der Waals surface area contributed by atoms with Crippen molar-refractivity contribution in [2.45, 2.75) is 38.1 Å². The van der Waals surface area contributed by atoms with Crippen LogP contribution < -0.4 is 5.32 Å². The Labute approximate surface area is 171 Å². The topological polar surface area (TPSA) is 32.3 Å². The quantitative estimate of drug-likeness (QED) is 0.627. The molecule has 4 heteroatoms. The fourth-order valence-electron chi connectivity index (χ4n) is 4.19. The predicted molar refractivity (Wildman–Crippen MR) is 118 cm³/mol. The van der Waals surface area contributed by atoms with Gasteiger partial charge in [-0.3, -0.25) is 9.69 Å². The molecule has 1 unspecified atom stereocenters. The van der Waals surface area contributed by atoms with Crippen molar-refractivity contribution in [1.29, 1.82) is 0 Å². The number of carbonyl (C=O) groups excluding carboxylic acids is 1. The van der Waals surface area contributed by atoms with Crippen LogP contribution in [0.4, 0.5) is 0 Å². The molecule has 3 aromatic rings. The SMILES string of the molecule is O=C(Cc1cccc2ccccc12)NCC(c1cccs1)N1CCCCCC1. The Balaban J connectivity index is 1.44. The third kappa shape index (κ3) is 4.62. The second-order valence-electron chi connectivity index (χ2n) is 7.60. The summed E-state index contributed by atoms with van der Waals surface area (Å²) in [5.41, 5.74) is 1.10. The second-order valence-corrected chi connectivity index (χ2v) is 8.58. The Morgan fingerprint density at radius 3 is 2.54 bits per heavy atom. The van der Waals surface area contributed by atoms with E-state index in [0.29, 0.717) is 13.0 Å². The highest BCUT2D eigenvalue weighted by Gasteiger charge is 2.23. The molecule has 0 bridgehead atoms. The molecule has 1 amide bonds. The van der Waals surface area contributed by atoms with Crippen molar-refractivity contribution in [3.05, 3.63) is 70.4 Å². The number of rotatable bonds is 6. The molecular formula is C24H28N2OS. The fraction of sp³-hybridized carbons (Fsp3) is 0.375. The van der Waals surface area contributed by atoms with Crippen molar-refractivity contribution < 1.29 is 4.79 Å². The summed E-state index contributed by atoms with van der Waals surface area (Å²) in [5.74, 6) is 0.104. The number of amides is 1. The third-order valence-electron chi connectivity index (χ3n) is 5.68. The lowest BCUT2D eigenvalue weighted by atomic mass is 10.0. The Hall–Kier alpha value is -2.17. The highest BCUT2D eigenvalue weighted by Crippen LogP contribution is 2.27. The van der Waals surface area contributed by atoms with E-state index < -0.39 is 0 Å². The number of hydrogen-bond acceptors (Lipinski definition) is 3. The minimum Gasteiger partial charge on any atom is -0.354 e. The molecule has 3 nitrogen and oxygen atoms in total. The van der Waals surface area contributed by atoms with E-state index in [2.05, 4.69) is 52.0 Å². The zero-order valence-electron chi connectivity index (χ0n) is 16.3. The monoisotopic (exact) mass is 392 g/mol. The molecule has 1 aromatic heterocycles. The van der Waals surface area contributed by atoms with E-state index in [0.717, 1.165) is 18.7 Å². The number of nitrogens with zero attached hydrogens (tertiary/aromatic N) is 1. The summed E-state index contributed by atoms with van der Waals surface area (Å²) in [6.45, 7) is 2.94. The van der Waals surface area contributed by atoms with Gasteiger partial charge < -0.3 is 5.32 Å². The standard InChI is InChI=1S/C24H28N2OS/c27-24(17-20-11-7-10-19-9-3-4-12-21(19)20)25-18-22(23-13-8-16-28-23)26-14-5-1-2-6-15-26/h3-4,7-13,16,22H,1-2,5-6,14-15,17-18H2,(H,25,27). The molecule has 1 saturated heterocycles. The van der Waals surface area contributed by atoms with E-state index in [1.54, 1.807) is 11.3 Å². The number of nitrogens with one attached hydrogen (secondary N) is 1. The van der Waals surface area contributed by atoms with Crippen LogP contribution in [-0.4, -0.2) is 30.4 Å². The van der Waals surface area contributed by atoms with Crippen LogP contribution >= 0.6 is 11.3 Å². The Morgan fingerprint density at radius 2 is 1.75 bits per heavy atom. The highest BCUT2D eigenvalue weighted by molar-refractivity contribution is 7.10. The lowest BCUT2D eigenvalue weighted by molar-refractivity contribution is -0.120. The summed E-state index contributed by atoms with van der Waals surface area (Å²) in [4.78, 5) is 16.7. The van der Waals surface area contributed by atoms with Gasteiger partial charge in [-0.2, -0.15) is 0 Å². The largest absolute Gasteiger partial charge is 0.354 e. The Bertz CT molecular complexity index is 893. The molecule has 0 spiro atoms. The van der Waals surface area contributed by atoms with Crippen molar-refractivity contribution in [2.75, 3.05) is 19.6 Å². The zero-order chi connectivity index (χ0) is 19.2. The van der Waals surface area contributed by atoms with Crippen LogP contribution in [0, 0.1) is 0 Å². The van der Waals surface area contributed by atoms with Gasteiger partial charge in [0, 0.05) is 11.4 Å². The van der Waals surface area contributed by atoms with Crippen LogP contribution in [0.15, 0.2) is 60.0 Å². The molecule has 28 heavy (non-hydrogen) atoms. The second kappa shape index (κ2) is 9.35. The summed E-state index contributed by atoms with van der Waals surface area (Å²) >= 11 is 1.80. The Kier molecular flexibility index (Phi) is 6.40. The smallest absolute Gasteiger partial charge is 0.224 e. The molecule has 2 aromatic carbocycles. The van der Waals surface area contributed by atoms with Crippen LogP contribution in [0.25, 0.3) is 10.8 Å². The van der Waals surface area contributed by atoms with Gasteiger partial charge in [-0.1, -0.05) is 61.4 Å². The first-order valence-electron chi connectivity index (χ1n) is 10.3. The lowest BCUT2D eigenvalue weighted by Crippen LogP contribution is -2.38. The average Bonchev–Trinajstić information content (AvgIpc) is 3.11. The maximum atomic E-state index is 12.8. The van der Waals surface area contributed by atoms with Gasteiger partial charge in [0.1, 0.15) is 0 Å². The van der Waals surface area contributed by atoms with Crippen LogP contribution in [0.1, 0.15) is 42.2 Å². The van der Waals surface area contributed by atoms with E-state index in [1.165, 1.54) is 41.3 Å². The van der Waals surface area contributed by atoms with Crippen LogP contribution in [-0.2, 0) is 11.2 Å². The average molecular weight is 393 g/mol. The van der Waals surface area contributed by atoms with Crippen molar-refractivity contribution in [2.24, 2.45) is 0 Å². The minimum atomic E-state index is 0.104. The summed E-state index contributed by atoms with van der Waals surface area (Å²) < 4.78 is 0. The molecule has 1 atom stereocenters. The molecular weight excluding hydrogens is 364 g/mol. The third-order valence-corrected chi connectivity index (χ3v) is 6.65. The van der Waals surface area contributed by atoms with Gasteiger partial charge in [-0.05, 0) is 53.7 Å². The van der Waals surface area contributed by atoms with Crippen LogP contribution in [0.3, 0.4) is 0 Å². The van der Waals surface area contributed by atoms with Crippen LogP contribution in [0.5, 0.6) is 0 Å². The number of hydrogen-bond donors (Lipinski definition) is 1. The molecule has 1 aliphatic heterocycles. The molecule has 0 aliphatic carbocycles. The van der Waals surface area contributed by atoms with Crippen LogP contribution in [0.2, 0.25) is 0 Å². The van der Waals surface area contributed by atoms with Gasteiger partial charge in [0.2, 0.25) is 5.91 Å². The van der Waals surface area contributed by atoms with E-state index in [-0.39, 0.29) is 11.9 Å². The first kappa shape index (κ1) is 19.2. The molecule has 4 rings (SSSR count). The molecule has 0 radical (unpaired) electrons. The summed E-state index contributed by atoms with van der Waals surface area (Å²) in [5, 5.41) is 7.72. The number of carbonyl (C=O) groups is 1. The molecule has 1 fully saturated rings. The van der Waals surface area contributed by atoms with E-state index in [4.69, 9.17) is 0 Å². The van der Waals surface area contributed by atoms with Gasteiger partial charge in [0.15, 0.2) is 0 Å². The first-order chi connectivity index (χ1) is 13.8.